The summed E-state index contributed by atoms with van der Waals surface area (Å²) in [7, 11) is 0. The molecule has 9 heteroatoms. The molecule has 0 radical (unpaired) electrons. The molecule has 0 aliphatic carbocycles. The van der Waals surface area contributed by atoms with Gasteiger partial charge in [0.25, 0.3) is 0 Å². The minimum absolute atomic E-state index is 0.319. The highest BCUT2D eigenvalue weighted by atomic mass is 19.4. The van der Waals surface area contributed by atoms with E-state index in [1.54, 1.807) is 12.1 Å². The summed E-state index contributed by atoms with van der Waals surface area (Å²) in [4.78, 5) is 8.99. The lowest BCUT2D eigenvalue weighted by Gasteiger charge is -2.21. The van der Waals surface area contributed by atoms with Gasteiger partial charge in [0, 0.05) is 22.9 Å². The van der Waals surface area contributed by atoms with Gasteiger partial charge in [-0.25, -0.2) is 4.98 Å². The maximum atomic E-state index is 12.6. The van der Waals surface area contributed by atoms with Gasteiger partial charge in [0.05, 0.1) is 12.3 Å². The van der Waals surface area contributed by atoms with Crippen molar-refractivity contribution in [3.63, 3.8) is 0 Å². The van der Waals surface area contributed by atoms with Gasteiger partial charge in [0.2, 0.25) is 5.95 Å². The number of halogens is 3. The average Bonchev–Trinajstić information content (AvgIpc) is 2.67. The van der Waals surface area contributed by atoms with Crippen LogP contribution in [0.1, 0.15) is 27.7 Å². The molecule has 0 aliphatic heterocycles. The molecule has 2 N–H and O–H groups in total. The molecular formula is C23H25F3N4O2. The van der Waals surface area contributed by atoms with E-state index in [2.05, 4.69) is 25.3 Å². The predicted molar refractivity (Wildman–Crippen MR) is 118 cm³/mol. The second-order valence-corrected chi connectivity index (χ2v) is 8.00. The van der Waals surface area contributed by atoms with Crippen molar-refractivity contribution in [3.8, 4) is 22.8 Å². The zero-order valence-corrected chi connectivity index (χ0v) is 18.2. The third-order valence-corrected chi connectivity index (χ3v) is 4.01. The van der Waals surface area contributed by atoms with Crippen LogP contribution in [-0.2, 0) is 0 Å². The largest absolute Gasteiger partial charge is 0.573 e. The molecule has 1 aromatic heterocycles. The Labute approximate surface area is 184 Å². The van der Waals surface area contributed by atoms with Crippen molar-refractivity contribution in [1.29, 1.82) is 0 Å². The van der Waals surface area contributed by atoms with Gasteiger partial charge >= 0.3 is 6.36 Å². The van der Waals surface area contributed by atoms with Crippen molar-refractivity contribution in [2.75, 3.05) is 17.2 Å². The van der Waals surface area contributed by atoms with Gasteiger partial charge < -0.3 is 20.1 Å². The molecule has 2 aromatic carbocycles. The van der Waals surface area contributed by atoms with Gasteiger partial charge in [-0.05, 0) is 64.1 Å². The lowest BCUT2D eigenvalue weighted by atomic mass is 10.1. The molecular weight excluding hydrogens is 421 g/mol. The molecule has 3 rings (SSSR count). The van der Waals surface area contributed by atoms with Crippen LogP contribution < -0.4 is 20.1 Å². The summed E-state index contributed by atoms with van der Waals surface area (Å²) in [5.41, 5.74) is 1.35. The van der Waals surface area contributed by atoms with Crippen molar-refractivity contribution >= 4 is 17.5 Å². The zero-order valence-electron chi connectivity index (χ0n) is 18.2. The van der Waals surface area contributed by atoms with Gasteiger partial charge in [-0.3, -0.25) is 0 Å². The van der Waals surface area contributed by atoms with E-state index in [4.69, 9.17) is 4.74 Å². The molecule has 0 spiro atoms. The molecule has 3 aromatic rings. The maximum absolute atomic E-state index is 12.6. The fourth-order valence-corrected chi connectivity index (χ4v) is 2.85. The van der Waals surface area contributed by atoms with Gasteiger partial charge in [-0.1, -0.05) is 12.1 Å². The van der Waals surface area contributed by atoms with Crippen molar-refractivity contribution in [2.24, 2.45) is 0 Å². The molecule has 0 fully saturated rings. The van der Waals surface area contributed by atoms with Crippen LogP contribution in [0.3, 0.4) is 0 Å². The van der Waals surface area contributed by atoms with Gasteiger partial charge in [-0.2, -0.15) is 4.98 Å². The molecule has 6 nitrogen and oxygen atoms in total. The summed E-state index contributed by atoms with van der Waals surface area (Å²) in [6, 6.07) is 14.7. The van der Waals surface area contributed by atoms with Crippen molar-refractivity contribution in [3.05, 3.63) is 54.6 Å². The van der Waals surface area contributed by atoms with E-state index in [0.717, 1.165) is 11.4 Å². The van der Waals surface area contributed by atoms with E-state index in [1.807, 2.05) is 52.0 Å². The first kappa shape index (κ1) is 23.2. The molecule has 0 saturated carbocycles. The molecule has 0 unspecified atom stereocenters. The minimum Gasteiger partial charge on any atom is -0.494 e. The van der Waals surface area contributed by atoms with Crippen molar-refractivity contribution in [2.45, 2.75) is 39.6 Å². The number of alkyl halides is 3. The molecule has 0 amide bonds. The Morgan fingerprint density at radius 1 is 0.906 bits per heavy atom. The average molecular weight is 446 g/mol. The van der Waals surface area contributed by atoms with Crippen LogP contribution in [-0.4, -0.2) is 28.5 Å². The number of nitrogens with one attached hydrogen (secondary N) is 2. The van der Waals surface area contributed by atoms with Crippen LogP contribution in [0.15, 0.2) is 54.6 Å². The molecule has 170 valence electrons. The zero-order chi connectivity index (χ0) is 23.4. The minimum atomic E-state index is -4.77. The fourth-order valence-electron chi connectivity index (χ4n) is 2.85. The fraction of sp³-hybridized carbons (Fsp3) is 0.304. The summed E-state index contributed by atoms with van der Waals surface area (Å²) in [6.07, 6.45) is -4.77. The van der Waals surface area contributed by atoms with E-state index in [-0.39, 0.29) is 11.3 Å². The van der Waals surface area contributed by atoms with Crippen LogP contribution in [0, 0.1) is 0 Å². The van der Waals surface area contributed by atoms with E-state index >= 15 is 0 Å². The molecule has 32 heavy (non-hydrogen) atoms. The van der Waals surface area contributed by atoms with Crippen LogP contribution in [0.2, 0.25) is 0 Å². The van der Waals surface area contributed by atoms with Gasteiger partial charge in [0.15, 0.2) is 0 Å². The Kier molecular flexibility index (Phi) is 6.76. The standard InChI is InChI=1S/C23H25F3N4O2/c1-5-31-17-11-9-16(10-12-17)27-20-14-19(28-21(29-20)30-22(2,3)4)15-7-6-8-18(13-15)32-23(24,25)26/h6-14H,5H2,1-4H3,(H2,27,28,29,30). The smallest absolute Gasteiger partial charge is 0.494 e. The number of rotatable bonds is 7. The SMILES string of the molecule is CCOc1ccc(Nc2cc(-c3cccc(OC(F)(F)F)c3)nc(NC(C)(C)C)n2)cc1. The van der Waals surface area contributed by atoms with Crippen LogP contribution >= 0.6 is 0 Å². The lowest BCUT2D eigenvalue weighted by Crippen LogP contribution is -2.27. The maximum Gasteiger partial charge on any atom is 0.573 e. The number of hydrogen-bond acceptors (Lipinski definition) is 6. The molecule has 0 aliphatic rings. The molecule has 0 atom stereocenters. The third-order valence-electron chi connectivity index (χ3n) is 4.01. The van der Waals surface area contributed by atoms with Crippen LogP contribution in [0.25, 0.3) is 11.3 Å². The number of anilines is 3. The summed E-state index contributed by atoms with van der Waals surface area (Å²) in [5, 5.41) is 6.41. The predicted octanol–water partition coefficient (Wildman–Crippen LogP) is 6.39. The normalized spacial score (nSPS) is 11.7. The summed E-state index contributed by atoms with van der Waals surface area (Å²) < 4.78 is 47.4. The second-order valence-electron chi connectivity index (χ2n) is 8.00. The highest BCUT2D eigenvalue weighted by molar-refractivity contribution is 5.68. The van der Waals surface area contributed by atoms with Crippen LogP contribution in [0.4, 0.5) is 30.6 Å². The Morgan fingerprint density at radius 2 is 1.62 bits per heavy atom. The number of aromatic nitrogens is 2. The van der Waals surface area contributed by atoms with E-state index in [0.29, 0.717) is 29.6 Å². The first-order valence-electron chi connectivity index (χ1n) is 10.0. The highest BCUT2D eigenvalue weighted by Crippen LogP contribution is 2.30. The number of nitrogens with zero attached hydrogens (tertiary/aromatic N) is 2. The number of hydrogen-bond donors (Lipinski definition) is 2. The highest BCUT2D eigenvalue weighted by Gasteiger charge is 2.31. The molecule has 0 saturated heterocycles. The van der Waals surface area contributed by atoms with Gasteiger partial charge in [-0.15, -0.1) is 13.2 Å². The summed E-state index contributed by atoms with van der Waals surface area (Å²) >= 11 is 0. The molecule has 0 bridgehead atoms. The van der Waals surface area contributed by atoms with E-state index in [9.17, 15) is 13.2 Å². The number of ether oxygens (including phenoxy) is 2. The first-order valence-corrected chi connectivity index (χ1v) is 10.0. The summed E-state index contributed by atoms with van der Waals surface area (Å²) in [5.74, 6) is 1.25. The Hall–Kier alpha value is -3.49. The van der Waals surface area contributed by atoms with Crippen molar-refractivity contribution < 1.29 is 22.6 Å². The van der Waals surface area contributed by atoms with Crippen LogP contribution in [0.5, 0.6) is 11.5 Å². The Morgan fingerprint density at radius 3 is 2.25 bits per heavy atom. The Bertz CT molecular complexity index is 1050. The molecule has 1 heterocycles. The third kappa shape index (κ3) is 7.04. The van der Waals surface area contributed by atoms with Crippen molar-refractivity contribution in [1.82, 2.24) is 9.97 Å². The Balaban J connectivity index is 1.95. The topological polar surface area (TPSA) is 68.3 Å². The van der Waals surface area contributed by atoms with E-state index < -0.39 is 6.36 Å². The lowest BCUT2D eigenvalue weighted by molar-refractivity contribution is -0.274. The van der Waals surface area contributed by atoms with Gasteiger partial charge in [0.1, 0.15) is 17.3 Å². The second kappa shape index (κ2) is 9.33. The monoisotopic (exact) mass is 446 g/mol. The number of benzene rings is 2. The van der Waals surface area contributed by atoms with E-state index in [1.165, 1.54) is 18.2 Å². The quantitative estimate of drug-likeness (QED) is 0.438. The summed E-state index contributed by atoms with van der Waals surface area (Å²) in [6.45, 7) is 8.36. The first-order chi connectivity index (χ1) is 15.0.